The van der Waals surface area contributed by atoms with Gasteiger partial charge in [0.2, 0.25) is 5.91 Å². The minimum absolute atomic E-state index is 0.0203. The molecule has 1 aromatic rings. The average molecular weight is 291 g/mol. The molecule has 0 bridgehead atoms. The van der Waals surface area contributed by atoms with Crippen LogP contribution in [-0.2, 0) is 16.0 Å². The Morgan fingerprint density at radius 2 is 1.76 bits per heavy atom. The van der Waals surface area contributed by atoms with Crippen LogP contribution in [0.15, 0.2) is 24.3 Å². The Morgan fingerprint density at radius 1 is 1.19 bits per heavy atom. The van der Waals surface area contributed by atoms with Crippen LogP contribution < -0.4 is 5.32 Å². The highest BCUT2D eigenvalue weighted by atomic mass is 16.5. The fourth-order valence-electron chi connectivity index (χ4n) is 2.09. The molecule has 1 aromatic carbocycles. The van der Waals surface area contributed by atoms with Crippen molar-refractivity contribution >= 4 is 5.91 Å². The summed E-state index contributed by atoms with van der Waals surface area (Å²) in [6, 6.07) is 8.49. The first kappa shape index (κ1) is 17.7. The van der Waals surface area contributed by atoms with Gasteiger partial charge >= 0.3 is 0 Å². The predicted octanol–water partition coefficient (Wildman–Crippen LogP) is 3.88. The second-order valence-electron chi connectivity index (χ2n) is 6.79. The van der Waals surface area contributed by atoms with Crippen LogP contribution in [0.2, 0.25) is 0 Å². The Labute approximate surface area is 129 Å². The fourth-order valence-corrected chi connectivity index (χ4v) is 2.09. The molecule has 118 valence electrons. The zero-order chi connectivity index (χ0) is 16.0. The van der Waals surface area contributed by atoms with E-state index in [4.69, 9.17) is 4.74 Å². The van der Waals surface area contributed by atoms with Gasteiger partial charge in [0.05, 0.1) is 11.6 Å². The highest BCUT2D eigenvalue weighted by Gasteiger charge is 2.20. The van der Waals surface area contributed by atoms with Gasteiger partial charge in [0, 0.05) is 0 Å². The topological polar surface area (TPSA) is 38.3 Å². The summed E-state index contributed by atoms with van der Waals surface area (Å²) in [5, 5.41) is 3.08. The highest BCUT2D eigenvalue weighted by Crippen LogP contribution is 2.22. The molecule has 0 radical (unpaired) electrons. The maximum atomic E-state index is 12.1. The van der Waals surface area contributed by atoms with Crippen LogP contribution in [-0.4, -0.2) is 18.1 Å². The van der Waals surface area contributed by atoms with E-state index in [1.54, 1.807) is 0 Å². The molecule has 1 atom stereocenters. The van der Waals surface area contributed by atoms with E-state index in [2.05, 4.69) is 50.4 Å². The van der Waals surface area contributed by atoms with E-state index in [-0.39, 0.29) is 24.2 Å². The van der Waals surface area contributed by atoms with Crippen molar-refractivity contribution in [3.8, 4) is 0 Å². The van der Waals surface area contributed by atoms with Crippen LogP contribution >= 0.6 is 0 Å². The second kappa shape index (κ2) is 7.60. The standard InChI is InChI=1S/C18H29NO2/c1-7-14-8-10-15(11-9-14)17(13(2)3)19-16(20)12-21-18(4,5)6/h8-11,13,17H,7,12H2,1-6H3,(H,19,20). The monoisotopic (exact) mass is 291 g/mol. The minimum Gasteiger partial charge on any atom is -0.366 e. The number of benzene rings is 1. The highest BCUT2D eigenvalue weighted by molar-refractivity contribution is 5.77. The first-order valence-corrected chi connectivity index (χ1v) is 7.75. The van der Waals surface area contributed by atoms with Crippen LogP contribution in [0.4, 0.5) is 0 Å². The molecule has 0 heterocycles. The number of nitrogens with one attached hydrogen (secondary N) is 1. The Hall–Kier alpha value is -1.35. The molecule has 0 aliphatic rings. The van der Waals surface area contributed by atoms with Gasteiger partial charge in [-0.1, -0.05) is 45.0 Å². The van der Waals surface area contributed by atoms with Crippen molar-refractivity contribution in [3.63, 3.8) is 0 Å². The zero-order valence-electron chi connectivity index (χ0n) is 14.2. The van der Waals surface area contributed by atoms with Crippen molar-refractivity contribution in [2.45, 2.75) is 59.6 Å². The number of hydrogen-bond acceptors (Lipinski definition) is 2. The van der Waals surface area contributed by atoms with Crippen molar-refractivity contribution in [1.82, 2.24) is 5.32 Å². The molecule has 1 unspecified atom stereocenters. The van der Waals surface area contributed by atoms with E-state index in [9.17, 15) is 4.79 Å². The van der Waals surface area contributed by atoms with Crippen LogP contribution in [0.25, 0.3) is 0 Å². The normalized spacial score (nSPS) is 13.3. The maximum absolute atomic E-state index is 12.1. The van der Waals surface area contributed by atoms with Gasteiger partial charge in [0.15, 0.2) is 0 Å². The third-order valence-electron chi connectivity index (χ3n) is 3.37. The van der Waals surface area contributed by atoms with Gasteiger partial charge in [0.25, 0.3) is 0 Å². The van der Waals surface area contributed by atoms with Gasteiger partial charge in [-0.15, -0.1) is 0 Å². The molecule has 21 heavy (non-hydrogen) atoms. The SMILES string of the molecule is CCc1ccc(C(NC(=O)COC(C)(C)C)C(C)C)cc1. The number of hydrogen-bond donors (Lipinski definition) is 1. The summed E-state index contributed by atoms with van der Waals surface area (Å²) in [6.45, 7) is 12.3. The Bertz CT molecular complexity index is 443. The maximum Gasteiger partial charge on any atom is 0.246 e. The van der Waals surface area contributed by atoms with E-state index in [0.717, 1.165) is 12.0 Å². The zero-order valence-corrected chi connectivity index (χ0v) is 14.2. The van der Waals surface area contributed by atoms with Gasteiger partial charge in [0.1, 0.15) is 6.61 Å². The molecule has 0 fully saturated rings. The summed E-state index contributed by atoms with van der Waals surface area (Å²) in [6.07, 6.45) is 1.03. The molecule has 1 rings (SSSR count). The molecule has 1 amide bonds. The molecule has 0 aromatic heterocycles. The quantitative estimate of drug-likeness (QED) is 0.864. The number of rotatable bonds is 6. The molecule has 0 aliphatic heterocycles. The molecule has 0 spiro atoms. The fraction of sp³-hybridized carbons (Fsp3) is 0.611. The van der Waals surface area contributed by atoms with Crippen LogP contribution in [0, 0.1) is 5.92 Å². The molecule has 0 aliphatic carbocycles. The van der Waals surface area contributed by atoms with E-state index in [1.165, 1.54) is 5.56 Å². The molecular formula is C18H29NO2. The van der Waals surface area contributed by atoms with Crippen molar-refractivity contribution in [1.29, 1.82) is 0 Å². The Morgan fingerprint density at radius 3 is 2.19 bits per heavy atom. The van der Waals surface area contributed by atoms with Gasteiger partial charge in [-0.2, -0.15) is 0 Å². The van der Waals surface area contributed by atoms with Crippen LogP contribution in [0.3, 0.4) is 0 Å². The summed E-state index contributed by atoms with van der Waals surface area (Å²) in [5.74, 6) is 0.263. The van der Waals surface area contributed by atoms with Crippen molar-refractivity contribution in [3.05, 3.63) is 35.4 Å². The van der Waals surface area contributed by atoms with Gasteiger partial charge in [-0.25, -0.2) is 0 Å². The summed E-state index contributed by atoms with van der Waals surface area (Å²) in [7, 11) is 0. The molecular weight excluding hydrogens is 262 g/mol. The molecule has 0 saturated heterocycles. The number of carbonyl (C=O) groups is 1. The lowest BCUT2D eigenvalue weighted by atomic mass is 9.95. The Balaban J connectivity index is 2.71. The first-order valence-electron chi connectivity index (χ1n) is 7.75. The number of ether oxygens (including phenoxy) is 1. The Kier molecular flexibility index (Phi) is 6.41. The van der Waals surface area contributed by atoms with E-state index >= 15 is 0 Å². The second-order valence-corrected chi connectivity index (χ2v) is 6.79. The lowest BCUT2D eigenvalue weighted by Crippen LogP contribution is -2.36. The summed E-state index contributed by atoms with van der Waals surface area (Å²) >= 11 is 0. The minimum atomic E-state index is -0.298. The summed E-state index contributed by atoms with van der Waals surface area (Å²) in [5.41, 5.74) is 2.16. The average Bonchev–Trinajstić information content (AvgIpc) is 2.41. The third-order valence-corrected chi connectivity index (χ3v) is 3.37. The summed E-state index contributed by atoms with van der Waals surface area (Å²) < 4.78 is 5.53. The smallest absolute Gasteiger partial charge is 0.246 e. The number of aryl methyl sites for hydroxylation is 1. The van der Waals surface area contributed by atoms with Crippen molar-refractivity contribution in [2.24, 2.45) is 5.92 Å². The third kappa shape index (κ3) is 6.30. The van der Waals surface area contributed by atoms with Crippen molar-refractivity contribution in [2.75, 3.05) is 6.61 Å². The molecule has 3 heteroatoms. The van der Waals surface area contributed by atoms with E-state index in [0.29, 0.717) is 5.92 Å². The molecule has 0 saturated carbocycles. The summed E-state index contributed by atoms with van der Waals surface area (Å²) in [4.78, 5) is 12.1. The molecule has 1 N–H and O–H groups in total. The first-order chi connectivity index (χ1) is 9.73. The van der Waals surface area contributed by atoms with E-state index < -0.39 is 0 Å². The lowest BCUT2D eigenvalue weighted by molar-refractivity contribution is -0.131. The van der Waals surface area contributed by atoms with Crippen molar-refractivity contribution < 1.29 is 9.53 Å². The van der Waals surface area contributed by atoms with Crippen LogP contribution in [0.1, 0.15) is 58.7 Å². The van der Waals surface area contributed by atoms with Crippen LogP contribution in [0.5, 0.6) is 0 Å². The van der Waals surface area contributed by atoms with Gasteiger partial charge < -0.3 is 10.1 Å². The molecule has 3 nitrogen and oxygen atoms in total. The number of amides is 1. The van der Waals surface area contributed by atoms with E-state index in [1.807, 2.05) is 20.8 Å². The van der Waals surface area contributed by atoms with Gasteiger partial charge in [-0.3, -0.25) is 4.79 Å². The number of carbonyl (C=O) groups excluding carboxylic acids is 1. The lowest BCUT2D eigenvalue weighted by Gasteiger charge is -2.25. The van der Waals surface area contributed by atoms with Gasteiger partial charge in [-0.05, 0) is 44.2 Å². The predicted molar refractivity (Wildman–Crippen MR) is 87.2 cm³/mol. The largest absolute Gasteiger partial charge is 0.366 e.